The molecule has 190 valence electrons. The number of H-pyrrole nitrogens is 1. The van der Waals surface area contributed by atoms with Gasteiger partial charge < -0.3 is 19.6 Å². The fourth-order valence-corrected chi connectivity index (χ4v) is 4.30. The quantitative estimate of drug-likeness (QED) is 0.321. The maximum absolute atomic E-state index is 13.1. The van der Waals surface area contributed by atoms with Gasteiger partial charge in [0.05, 0.1) is 20.2 Å². The van der Waals surface area contributed by atoms with Crippen molar-refractivity contribution < 1.29 is 19.4 Å². The van der Waals surface area contributed by atoms with Crippen LogP contribution in [0.3, 0.4) is 0 Å². The lowest BCUT2D eigenvalue weighted by Crippen LogP contribution is -2.37. The van der Waals surface area contributed by atoms with Gasteiger partial charge in [-0.2, -0.15) is 0 Å². The number of hydrogen-bond donors (Lipinski definition) is 2. The number of methoxy groups -OCH3 is 1. The highest BCUT2D eigenvalue weighted by Gasteiger charge is 2.27. The molecule has 3 aromatic rings. The summed E-state index contributed by atoms with van der Waals surface area (Å²) in [4.78, 5) is 30.7. The van der Waals surface area contributed by atoms with E-state index < -0.39 is 20.7 Å². The number of halogens is 2. The molecule has 0 aromatic carbocycles. The fraction of sp³-hybridized carbons (Fsp3) is 0.360. The SMILES string of the molecule is COc1ccc(CN(C(=O)OC(C)(C)C)c2ccc(C(O)c3c[nH]c4c3=C[C@@](Cl)(I)CN=4)cn2)cn1. The lowest BCUT2D eigenvalue weighted by molar-refractivity contribution is 0.0576. The van der Waals surface area contributed by atoms with Crippen molar-refractivity contribution in [2.45, 2.75) is 41.9 Å². The molecule has 36 heavy (non-hydrogen) atoms. The number of amides is 1. The first-order chi connectivity index (χ1) is 17.0. The van der Waals surface area contributed by atoms with Gasteiger partial charge in [-0.3, -0.25) is 9.89 Å². The number of pyridine rings is 2. The molecule has 2 atom stereocenters. The molecule has 4 heterocycles. The number of carbonyl (C=O) groups excluding carboxylic acids is 1. The predicted molar refractivity (Wildman–Crippen MR) is 145 cm³/mol. The lowest BCUT2D eigenvalue weighted by atomic mass is 10.0. The van der Waals surface area contributed by atoms with E-state index in [9.17, 15) is 9.90 Å². The number of aliphatic hydroxyl groups is 1. The number of fused-ring (bicyclic) bond motifs is 1. The van der Waals surface area contributed by atoms with Crippen molar-refractivity contribution in [3.63, 3.8) is 0 Å². The summed E-state index contributed by atoms with van der Waals surface area (Å²) < 4.78 is 10.1. The van der Waals surface area contributed by atoms with Crippen LogP contribution < -0.4 is 20.3 Å². The van der Waals surface area contributed by atoms with Crippen LogP contribution in [-0.4, -0.2) is 48.3 Å². The van der Waals surface area contributed by atoms with Crippen molar-refractivity contribution in [3.05, 3.63) is 70.3 Å². The Morgan fingerprint density at radius 2 is 2.06 bits per heavy atom. The molecule has 0 radical (unpaired) electrons. The summed E-state index contributed by atoms with van der Waals surface area (Å²) in [5.74, 6) is 0.853. The highest BCUT2D eigenvalue weighted by atomic mass is 127. The van der Waals surface area contributed by atoms with Crippen LogP contribution in [0.15, 0.2) is 47.8 Å². The van der Waals surface area contributed by atoms with Crippen LogP contribution in [0.2, 0.25) is 0 Å². The summed E-state index contributed by atoms with van der Waals surface area (Å²) in [5.41, 5.74) is 1.98. The highest BCUT2D eigenvalue weighted by Crippen LogP contribution is 2.28. The van der Waals surface area contributed by atoms with E-state index in [4.69, 9.17) is 21.1 Å². The Balaban J connectivity index is 1.62. The molecule has 0 spiro atoms. The summed E-state index contributed by atoms with van der Waals surface area (Å²) in [5, 5.41) is 11.9. The predicted octanol–water partition coefficient (Wildman–Crippen LogP) is 3.62. The summed E-state index contributed by atoms with van der Waals surface area (Å²) in [7, 11) is 1.54. The van der Waals surface area contributed by atoms with E-state index in [-0.39, 0.29) is 6.54 Å². The molecule has 0 fully saturated rings. The number of nitrogens with zero attached hydrogens (tertiary/aromatic N) is 4. The van der Waals surface area contributed by atoms with Crippen LogP contribution in [0.5, 0.6) is 5.88 Å². The number of nitrogens with one attached hydrogen (secondary N) is 1. The number of aliphatic hydroxyl groups excluding tert-OH is 1. The first-order valence-electron chi connectivity index (χ1n) is 11.2. The average Bonchev–Trinajstić information content (AvgIpc) is 3.23. The Labute approximate surface area is 227 Å². The van der Waals surface area contributed by atoms with Gasteiger partial charge in [0.1, 0.15) is 25.9 Å². The molecule has 3 aromatic heterocycles. The van der Waals surface area contributed by atoms with Crippen molar-refractivity contribution in [2.75, 3.05) is 18.6 Å². The molecule has 1 aliphatic rings. The second kappa shape index (κ2) is 10.3. The van der Waals surface area contributed by atoms with Crippen LogP contribution in [-0.2, 0) is 11.3 Å². The number of rotatable bonds is 6. The maximum atomic E-state index is 13.1. The monoisotopic (exact) mass is 623 g/mol. The molecule has 0 aliphatic carbocycles. The van der Waals surface area contributed by atoms with Gasteiger partial charge >= 0.3 is 6.09 Å². The zero-order valence-corrected chi connectivity index (χ0v) is 23.2. The van der Waals surface area contributed by atoms with E-state index in [1.165, 1.54) is 4.90 Å². The number of alkyl halides is 2. The van der Waals surface area contributed by atoms with E-state index in [1.807, 2.05) is 12.1 Å². The third kappa shape index (κ3) is 6.16. The molecule has 4 rings (SSSR count). The largest absolute Gasteiger partial charge is 0.481 e. The van der Waals surface area contributed by atoms with Crippen molar-refractivity contribution in [1.82, 2.24) is 15.0 Å². The van der Waals surface area contributed by atoms with Crippen molar-refractivity contribution in [2.24, 2.45) is 4.99 Å². The second-order valence-electron chi connectivity index (χ2n) is 9.36. The van der Waals surface area contributed by atoms with Gasteiger partial charge in [0.15, 0.2) is 0 Å². The minimum atomic E-state index is -0.958. The third-order valence-corrected chi connectivity index (χ3v) is 6.23. The zero-order chi connectivity index (χ0) is 26.1. The second-order valence-corrected chi connectivity index (χ2v) is 12.6. The van der Waals surface area contributed by atoms with E-state index >= 15 is 0 Å². The Morgan fingerprint density at radius 3 is 2.67 bits per heavy atom. The summed E-state index contributed by atoms with van der Waals surface area (Å²) in [6.45, 7) is 6.04. The molecular weight excluding hydrogens is 597 g/mol. The number of aromatic amines is 1. The Kier molecular flexibility index (Phi) is 7.58. The van der Waals surface area contributed by atoms with Crippen molar-refractivity contribution in [3.8, 4) is 5.88 Å². The molecule has 1 aliphatic heterocycles. The summed E-state index contributed by atoms with van der Waals surface area (Å²) >= 11 is 8.59. The van der Waals surface area contributed by atoms with Gasteiger partial charge in [-0.1, -0.05) is 34.7 Å². The molecule has 1 amide bonds. The van der Waals surface area contributed by atoms with E-state index in [0.29, 0.717) is 34.9 Å². The fourth-order valence-electron chi connectivity index (χ4n) is 3.65. The highest BCUT2D eigenvalue weighted by molar-refractivity contribution is 14.1. The summed E-state index contributed by atoms with van der Waals surface area (Å²) in [6, 6.07) is 6.95. The molecule has 11 heteroatoms. The van der Waals surface area contributed by atoms with Crippen LogP contribution in [0.4, 0.5) is 10.6 Å². The molecular formula is C25H27ClIN5O4. The molecule has 0 saturated carbocycles. The number of hydrogen-bond acceptors (Lipinski definition) is 7. The Bertz CT molecular complexity index is 1350. The van der Waals surface area contributed by atoms with E-state index in [0.717, 1.165) is 10.8 Å². The van der Waals surface area contributed by atoms with Crippen molar-refractivity contribution in [1.29, 1.82) is 0 Å². The zero-order valence-electron chi connectivity index (χ0n) is 20.3. The van der Waals surface area contributed by atoms with Crippen molar-refractivity contribution >= 4 is 52.2 Å². The van der Waals surface area contributed by atoms with E-state index in [2.05, 4.69) is 42.5 Å². The lowest BCUT2D eigenvalue weighted by Gasteiger charge is -2.27. The van der Waals surface area contributed by atoms with Crippen LogP contribution in [0.25, 0.3) is 6.08 Å². The topological polar surface area (TPSA) is 113 Å². The minimum absolute atomic E-state index is 0.191. The Morgan fingerprint density at radius 1 is 1.28 bits per heavy atom. The first-order valence-corrected chi connectivity index (χ1v) is 12.7. The number of carbonyl (C=O) groups is 1. The normalized spacial score (nSPS) is 17.9. The minimum Gasteiger partial charge on any atom is -0.481 e. The number of ether oxygens (including phenoxy) is 2. The standard InChI is InChI=1S/C25H27ClIN5O4/c1-24(2,3)36-23(34)32(13-15-5-8-20(35-4)29-10-15)19-7-6-16(11-28-19)21(33)18-12-30-22-17(18)9-25(26,27)14-31-22/h5-12,21,33H,13-14H2,1-4H3,(H,30,31)/t21?,25-/m1/s1. The van der Waals surface area contributed by atoms with Crippen LogP contribution >= 0.6 is 34.2 Å². The number of aromatic nitrogens is 3. The van der Waals surface area contributed by atoms with Gasteiger partial charge in [-0.05, 0) is 38.5 Å². The maximum Gasteiger partial charge on any atom is 0.416 e. The van der Waals surface area contributed by atoms with Gasteiger partial charge in [-0.15, -0.1) is 11.6 Å². The van der Waals surface area contributed by atoms with E-state index in [1.54, 1.807) is 64.7 Å². The average molecular weight is 624 g/mol. The third-order valence-electron chi connectivity index (χ3n) is 5.35. The molecule has 0 saturated heterocycles. The molecule has 9 nitrogen and oxygen atoms in total. The van der Waals surface area contributed by atoms with Gasteiger partial charge in [0.25, 0.3) is 0 Å². The molecule has 0 bridgehead atoms. The number of anilines is 1. The molecule has 1 unspecified atom stereocenters. The smallest absolute Gasteiger partial charge is 0.416 e. The first kappa shape index (κ1) is 26.4. The molecule has 2 N–H and O–H groups in total. The van der Waals surface area contributed by atoms with Gasteiger partial charge in [0.2, 0.25) is 5.88 Å². The van der Waals surface area contributed by atoms with Gasteiger partial charge in [-0.25, -0.2) is 14.8 Å². The Hall–Kier alpha value is -2.70. The van der Waals surface area contributed by atoms with Crippen LogP contribution in [0, 0.1) is 0 Å². The van der Waals surface area contributed by atoms with Crippen LogP contribution in [0.1, 0.15) is 43.6 Å². The van der Waals surface area contributed by atoms with Gasteiger partial charge in [0, 0.05) is 41.0 Å². The summed E-state index contributed by atoms with van der Waals surface area (Å²) in [6.07, 6.45) is 5.29.